The van der Waals surface area contributed by atoms with Gasteiger partial charge in [0.15, 0.2) is 0 Å². The smallest absolute Gasteiger partial charge is 0.319 e. The number of aromatic nitrogens is 3. The van der Waals surface area contributed by atoms with Crippen LogP contribution in [-0.2, 0) is 0 Å². The molecule has 9 heteroatoms. The second kappa shape index (κ2) is 9.70. The maximum absolute atomic E-state index is 12.7. The zero-order chi connectivity index (χ0) is 23.4. The van der Waals surface area contributed by atoms with Gasteiger partial charge < -0.3 is 20.9 Å². The van der Waals surface area contributed by atoms with E-state index in [1.54, 1.807) is 36.4 Å². The van der Waals surface area contributed by atoms with E-state index < -0.39 is 6.03 Å². The Balaban J connectivity index is 1.44. The van der Waals surface area contributed by atoms with Crippen molar-refractivity contribution in [1.82, 2.24) is 20.3 Å². The Kier molecular flexibility index (Phi) is 6.55. The van der Waals surface area contributed by atoms with Gasteiger partial charge in [-0.05, 0) is 48.4 Å². The first-order valence-corrected chi connectivity index (χ1v) is 10.8. The van der Waals surface area contributed by atoms with Crippen molar-refractivity contribution >= 4 is 46.1 Å². The number of nitrogens with zero attached hydrogens (tertiary/aromatic N) is 2. The van der Waals surface area contributed by atoms with E-state index in [-0.39, 0.29) is 17.9 Å². The Morgan fingerprint density at radius 3 is 2.55 bits per heavy atom. The number of benzene rings is 2. The van der Waals surface area contributed by atoms with E-state index >= 15 is 0 Å². The molecule has 0 bridgehead atoms. The zero-order valence-corrected chi connectivity index (χ0v) is 18.9. The first-order chi connectivity index (χ1) is 15.9. The summed E-state index contributed by atoms with van der Waals surface area (Å²) < 4.78 is 0. The maximum Gasteiger partial charge on any atom is 0.319 e. The number of anilines is 2. The number of fused-ring (bicyclic) bond motifs is 1. The van der Waals surface area contributed by atoms with Gasteiger partial charge in [0.05, 0.1) is 22.1 Å². The summed E-state index contributed by atoms with van der Waals surface area (Å²) in [6.07, 6.45) is 1.45. The number of carbonyl (C=O) groups excluding carboxylic acids is 2. The number of urea groups is 1. The van der Waals surface area contributed by atoms with Crippen molar-refractivity contribution in [2.24, 2.45) is 5.92 Å². The SMILES string of the molecule is CC(C)C(NC(=O)Nc1cccc(C(=O)Nc2ccc(Cl)cn2)c1)c1nc2ccccc2[nH]1. The first-order valence-electron chi connectivity index (χ1n) is 10.4. The normalized spacial score (nSPS) is 11.9. The Hall–Kier alpha value is -3.91. The quantitative estimate of drug-likeness (QED) is 0.308. The van der Waals surface area contributed by atoms with Crippen LogP contribution in [0, 0.1) is 5.92 Å². The molecule has 3 amide bonds. The summed E-state index contributed by atoms with van der Waals surface area (Å²) in [4.78, 5) is 37.2. The molecule has 33 heavy (non-hydrogen) atoms. The Labute approximate surface area is 195 Å². The molecule has 4 N–H and O–H groups in total. The van der Waals surface area contributed by atoms with Crippen LogP contribution in [0.5, 0.6) is 0 Å². The zero-order valence-electron chi connectivity index (χ0n) is 18.1. The largest absolute Gasteiger partial charge is 0.340 e. The molecule has 4 aromatic rings. The molecule has 0 aliphatic carbocycles. The molecule has 168 valence electrons. The van der Waals surface area contributed by atoms with Crippen LogP contribution in [0.15, 0.2) is 66.9 Å². The second-order valence-corrected chi connectivity index (χ2v) is 8.29. The number of carbonyl (C=O) groups is 2. The lowest BCUT2D eigenvalue weighted by atomic mass is 10.0. The average Bonchev–Trinajstić information content (AvgIpc) is 3.23. The highest BCUT2D eigenvalue weighted by atomic mass is 35.5. The van der Waals surface area contributed by atoms with Gasteiger partial charge in [0.2, 0.25) is 0 Å². The van der Waals surface area contributed by atoms with E-state index in [1.807, 2.05) is 38.1 Å². The van der Waals surface area contributed by atoms with E-state index in [2.05, 4.69) is 30.9 Å². The predicted molar refractivity (Wildman–Crippen MR) is 129 cm³/mol. The Bertz CT molecular complexity index is 1250. The lowest BCUT2D eigenvalue weighted by Gasteiger charge is -2.20. The molecular formula is C24H23ClN6O2. The van der Waals surface area contributed by atoms with E-state index in [0.717, 1.165) is 11.0 Å². The summed E-state index contributed by atoms with van der Waals surface area (Å²) >= 11 is 5.82. The third-order valence-corrected chi connectivity index (χ3v) is 5.23. The summed E-state index contributed by atoms with van der Waals surface area (Å²) in [5.41, 5.74) is 2.61. The van der Waals surface area contributed by atoms with Crippen molar-refractivity contribution in [3.8, 4) is 0 Å². The van der Waals surface area contributed by atoms with Crippen LogP contribution >= 0.6 is 11.6 Å². The molecule has 1 atom stereocenters. The molecule has 0 radical (unpaired) electrons. The van der Waals surface area contributed by atoms with Crippen LogP contribution in [0.3, 0.4) is 0 Å². The van der Waals surface area contributed by atoms with Crippen molar-refractivity contribution < 1.29 is 9.59 Å². The van der Waals surface area contributed by atoms with Gasteiger partial charge in [-0.1, -0.05) is 43.6 Å². The minimum Gasteiger partial charge on any atom is -0.340 e. The van der Waals surface area contributed by atoms with Gasteiger partial charge in [-0.2, -0.15) is 0 Å². The van der Waals surface area contributed by atoms with Gasteiger partial charge in [0, 0.05) is 17.4 Å². The average molecular weight is 463 g/mol. The van der Waals surface area contributed by atoms with Crippen molar-refractivity contribution in [3.63, 3.8) is 0 Å². The van der Waals surface area contributed by atoms with Crippen molar-refractivity contribution in [3.05, 3.63) is 83.3 Å². The Morgan fingerprint density at radius 2 is 1.82 bits per heavy atom. The van der Waals surface area contributed by atoms with Gasteiger partial charge in [-0.15, -0.1) is 0 Å². The highest BCUT2D eigenvalue weighted by molar-refractivity contribution is 6.30. The van der Waals surface area contributed by atoms with Gasteiger partial charge >= 0.3 is 6.03 Å². The van der Waals surface area contributed by atoms with Gasteiger partial charge in [-0.3, -0.25) is 4.79 Å². The van der Waals surface area contributed by atoms with Gasteiger partial charge in [0.25, 0.3) is 5.91 Å². The number of pyridine rings is 1. The number of hydrogen-bond acceptors (Lipinski definition) is 4. The number of hydrogen-bond donors (Lipinski definition) is 4. The summed E-state index contributed by atoms with van der Waals surface area (Å²) in [6.45, 7) is 4.02. The minimum absolute atomic E-state index is 0.0975. The fourth-order valence-corrected chi connectivity index (χ4v) is 3.47. The van der Waals surface area contributed by atoms with E-state index in [4.69, 9.17) is 11.6 Å². The van der Waals surface area contributed by atoms with Crippen molar-refractivity contribution in [1.29, 1.82) is 0 Å². The summed E-state index contributed by atoms with van der Waals surface area (Å²) in [5.74, 6) is 0.813. The minimum atomic E-state index is -0.397. The fraction of sp³-hybridized carbons (Fsp3) is 0.167. The number of H-pyrrole nitrogens is 1. The molecule has 0 saturated heterocycles. The molecule has 0 aliphatic rings. The topological polar surface area (TPSA) is 112 Å². The highest BCUT2D eigenvalue weighted by Gasteiger charge is 2.22. The lowest BCUT2D eigenvalue weighted by Crippen LogP contribution is -2.35. The first kappa shape index (κ1) is 22.3. The van der Waals surface area contributed by atoms with Crippen LogP contribution in [-0.4, -0.2) is 26.9 Å². The third-order valence-electron chi connectivity index (χ3n) is 5.01. The highest BCUT2D eigenvalue weighted by Crippen LogP contribution is 2.22. The number of amides is 3. The monoisotopic (exact) mass is 462 g/mol. The van der Waals surface area contributed by atoms with E-state index in [0.29, 0.717) is 27.9 Å². The number of rotatable bonds is 6. The third kappa shape index (κ3) is 5.48. The summed E-state index contributed by atoms with van der Waals surface area (Å²) in [6, 6.07) is 16.9. The lowest BCUT2D eigenvalue weighted by molar-refractivity contribution is 0.102. The molecule has 2 aromatic heterocycles. The molecule has 0 spiro atoms. The van der Waals surface area contributed by atoms with Crippen LogP contribution in [0.4, 0.5) is 16.3 Å². The fourth-order valence-electron chi connectivity index (χ4n) is 3.36. The molecule has 0 fully saturated rings. The number of nitrogens with one attached hydrogen (secondary N) is 4. The van der Waals surface area contributed by atoms with E-state index in [9.17, 15) is 9.59 Å². The molecular weight excluding hydrogens is 440 g/mol. The van der Waals surface area contributed by atoms with Gasteiger partial charge in [0.1, 0.15) is 11.6 Å². The molecule has 2 aromatic carbocycles. The van der Waals surface area contributed by atoms with E-state index in [1.165, 1.54) is 6.20 Å². The van der Waals surface area contributed by atoms with Crippen molar-refractivity contribution in [2.75, 3.05) is 10.6 Å². The maximum atomic E-state index is 12.7. The summed E-state index contributed by atoms with van der Waals surface area (Å²) in [5, 5.41) is 8.94. The molecule has 0 saturated carbocycles. The number of para-hydroxylation sites is 2. The van der Waals surface area contributed by atoms with Crippen LogP contribution in [0.25, 0.3) is 11.0 Å². The standard InChI is InChI=1S/C24H23ClN6O2/c1-14(2)21(22-28-18-8-3-4-9-19(18)29-22)31-24(33)27-17-7-5-6-15(12-17)23(32)30-20-11-10-16(25)13-26-20/h3-14,21H,1-2H3,(H,28,29)(H,26,30,32)(H2,27,31,33). The van der Waals surface area contributed by atoms with Crippen molar-refractivity contribution in [2.45, 2.75) is 19.9 Å². The molecule has 0 aliphatic heterocycles. The molecule has 2 heterocycles. The molecule has 8 nitrogen and oxygen atoms in total. The number of halogens is 1. The number of imidazole rings is 1. The van der Waals surface area contributed by atoms with Crippen LogP contribution < -0.4 is 16.0 Å². The molecule has 1 unspecified atom stereocenters. The van der Waals surface area contributed by atoms with Gasteiger partial charge in [-0.25, -0.2) is 14.8 Å². The second-order valence-electron chi connectivity index (χ2n) is 7.86. The molecule has 4 rings (SSSR count). The van der Waals surface area contributed by atoms with Crippen LogP contribution in [0.1, 0.15) is 36.1 Å². The number of aromatic amines is 1. The predicted octanol–water partition coefficient (Wildman–Crippen LogP) is 5.38. The summed E-state index contributed by atoms with van der Waals surface area (Å²) in [7, 11) is 0. The van der Waals surface area contributed by atoms with Crippen LogP contribution in [0.2, 0.25) is 5.02 Å². The Morgan fingerprint density at radius 1 is 1.00 bits per heavy atom.